The highest BCUT2D eigenvalue weighted by molar-refractivity contribution is 5.70. The molecule has 13 heavy (non-hydrogen) atoms. The molecule has 0 unspecified atom stereocenters. The molecule has 2 heteroatoms. The van der Waals surface area contributed by atoms with Crippen molar-refractivity contribution in [2.24, 2.45) is 7.05 Å². The maximum atomic E-state index is 4.43. The summed E-state index contributed by atoms with van der Waals surface area (Å²) in [7, 11) is 2.02. The number of aromatic nitrogens is 2. The molecular weight excluding hydrogens is 160 g/mol. The fourth-order valence-corrected chi connectivity index (χ4v) is 2.14. The van der Waals surface area contributed by atoms with Crippen molar-refractivity contribution >= 4 is 5.57 Å². The molecule has 0 N–H and O–H groups in total. The maximum Gasteiger partial charge on any atom is 0.0671 e. The number of hydrogen-bond acceptors (Lipinski definition) is 1. The average Bonchev–Trinajstić information content (AvgIpc) is 2.63. The Morgan fingerprint density at radius 1 is 1.38 bits per heavy atom. The van der Waals surface area contributed by atoms with Gasteiger partial charge in [0.25, 0.3) is 0 Å². The predicted octanol–water partition coefficient (Wildman–Crippen LogP) is 2.60. The van der Waals surface area contributed by atoms with Crippen molar-refractivity contribution < 1.29 is 0 Å². The van der Waals surface area contributed by atoms with Crippen molar-refractivity contribution in [3.63, 3.8) is 0 Å². The molecule has 0 aliphatic heterocycles. The monoisotopic (exact) mass is 176 g/mol. The number of hydrogen-bond donors (Lipinski definition) is 0. The minimum absolute atomic E-state index is 1.17. The van der Waals surface area contributed by atoms with Gasteiger partial charge in [-0.3, -0.25) is 4.68 Å². The average molecular weight is 176 g/mol. The molecule has 1 aliphatic rings. The van der Waals surface area contributed by atoms with Crippen LogP contribution in [0.15, 0.2) is 6.08 Å². The molecule has 70 valence electrons. The molecule has 0 saturated heterocycles. The van der Waals surface area contributed by atoms with Crippen molar-refractivity contribution in [1.29, 1.82) is 0 Å². The van der Waals surface area contributed by atoms with Gasteiger partial charge < -0.3 is 0 Å². The van der Waals surface area contributed by atoms with Gasteiger partial charge in [-0.1, -0.05) is 6.08 Å². The van der Waals surface area contributed by atoms with E-state index in [1.165, 1.54) is 41.8 Å². The maximum absolute atomic E-state index is 4.43. The molecule has 0 spiro atoms. The van der Waals surface area contributed by atoms with E-state index in [0.717, 1.165) is 0 Å². The van der Waals surface area contributed by atoms with Gasteiger partial charge in [-0.25, -0.2) is 0 Å². The van der Waals surface area contributed by atoms with Crippen LogP contribution in [0.5, 0.6) is 0 Å². The third kappa shape index (κ3) is 1.30. The molecule has 2 nitrogen and oxygen atoms in total. The summed E-state index contributed by atoms with van der Waals surface area (Å²) in [5, 5.41) is 4.43. The van der Waals surface area contributed by atoms with E-state index in [0.29, 0.717) is 0 Å². The summed E-state index contributed by atoms with van der Waals surface area (Å²) >= 11 is 0. The Labute approximate surface area is 79.3 Å². The minimum atomic E-state index is 1.17. The van der Waals surface area contributed by atoms with Crippen molar-refractivity contribution in [3.05, 3.63) is 23.0 Å². The van der Waals surface area contributed by atoms with Gasteiger partial charge in [-0.15, -0.1) is 0 Å². The standard InChI is InChI=1S/C11H16N2/c1-8-11(9(2)13(3)12-8)10-6-4-5-7-10/h6H,4-5,7H2,1-3H3. The largest absolute Gasteiger partial charge is 0.272 e. The van der Waals surface area contributed by atoms with E-state index in [4.69, 9.17) is 0 Å². The molecule has 0 saturated carbocycles. The highest BCUT2D eigenvalue weighted by Crippen LogP contribution is 2.31. The van der Waals surface area contributed by atoms with Gasteiger partial charge in [0, 0.05) is 18.3 Å². The minimum Gasteiger partial charge on any atom is -0.272 e. The number of aryl methyl sites for hydroxylation is 2. The van der Waals surface area contributed by atoms with Crippen LogP contribution >= 0.6 is 0 Å². The Bertz CT molecular complexity index is 358. The lowest BCUT2D eigenvalue weighted by Crippen LogP contribution is -1.93. The van der Waals surface area contributed by atoms with Gasteiger partial charge in [-0.05, 0) is 38.7 Å². The summed E-state index contributed by atoms with van der Waals surface area (Å²) in [6.07, 6.45) is 6.14. The van der Waals surface area contributed by atoms with Crippen molar-refractivity contribution in [2.75, 3.05) is 0 Å². The second kappa shape index (κ2) is 3.02. The molecule has 0 radical (unpaired) electrons. The van der Waals surface area contributed by atoms with Crippen LogP contribution in [0.3, 0.4) is 0 Å². The Kier molecular flexibility index (Phi) is 1.98. The molecule has 0 amide bonds. The van der Waals surface area contributed by atoms with E-state index in [2.05, 4.69) is 25.0 Å². The molecular formula is C11H16N2. The first-order valence-electron chi connectivity index (χ1n) is 4.89. The second-order valence-corrected chi connectivity index (χ2v) is 3.79. The molecule has 1 aliphatic carbocycles. The predicted molar refractivity (Wildman–Crippen MR) is 54.5 cm³/mol. The molecule has 2 rings (SSSR count). The molecule has 0 atom stereocenters. The third-order valence-electron chi connectivity index (χ3n) is 2.87. The third-order valence-corrected chi connectivity index (χ3v) is 2.87. The number of allylic oxidation sites excluding steroid dienone is 2. The van der Waals surface area contributed by atoms with Crippen molar-refractivity contribution in [1.82, 2.24) is 9.78 Å². The topological polar surface area (TPSA) is 17.8 Å². The zero-order chi connectivity index (χ0) is 9.42. The summed E-state index contributed by atoms with van der Waals surface area (Å²) in [6, 6.07) is 0. The fourth-order valence-electron chi connectivity index (χ4n) is 2.14. The van der Waals surface area contributed by atoms with Crippen LogP contribution < -0.4 is 0 Å². The molecule has 1 aromatic rings. The molecule has 1 aromatic heterocycles. The van der Waals surface area contributed by atoms with Gasteiger partial charge in [0.15, 0.2) is 0 Å². The Morgan fingerprint density at radius 3 is 2.62 bits per heavy atom. The normalized spacial score (nSPS) is 16.4. The van der Waals surface area contributed by atoms with Crippen LogP contribution in [-0.2, 0) is 7.05 Å². The second-order valence-electron chi connectivity index (χ2n) is 3.79. The van der Waals surface area contributed by atoms with Crippen LogP contribution in [0, 0.1) is 13.8 Å². The van der Waals surface area contributed by atoms with Gasteiger partial charge in [0.05, 0.1) is 5.69 Å². The SMILES string of the molecule is Cc1nn(C)c(C)c1C1=CCCC1. The van der Waals surface area contributed by atoms with Crippen LogP contribution in [0.4, 0.5) is 0 Å². The first-order valence-corrected chi connectivity index (χ1v) is 4.89. The van der Waals surface area contributed by atoms with Crippen molar-refractivity contribution in [2.45, 2.75) is 33.1 Å². The van der Waals surface area contributed by atoms with E-state index in [1.807, 2.05) is 11.7 Å². The molecule has 0 bridgehead atoms. The zero-order valence-corrected chi connectivity index (χ0v) is 8.59. The van der Waals surface area contributed by atoms with Gasteiger partial charge in [0.2, 0.25) is 0 Å². The smallest absolute Gasteiger partial charge is 0.0671 e. The summed E-state index contributed by atoms with van der Waals surface area (Å²) in [4.78, 5) is 0. The molecule has 0 aromatic carbocycles. The highest BCUT2D eigenvalue weighted by Gasteiger charge is 2.15. The van der Waals surface area contributed by atoms with E-state index < -0.39 is 0 Å². The van der Waals surface area contributed by atoms with Crippen LogP contribution in [0.2, 0.25) is 0 Å². The summed E-state index contributed by atoms with van der Waals surface area (Å²) in [6.45, 7) is 4.25. The van der Waals surface area contributed by atoms with E-state index in [-0.39, 0.29) is 0 Å². The van der Waals surface area contributed by atoms with E-state index in [1.54, 1.807) is 0 Å². The lowest BCUT2D eigenvalue weighted by Gasteiger charge is -2.01. The van der Waals surface area contributed by atoms with Crippen LogP contribution in [-0.4, -0.2) is 9.78 Å². The first-order chi connectivity index (χ1) is 6.20. The Morgan fingerprint density at radius 2 is 2.15 bits per heavy atom. The number of nitrogens with zero attached hydrogens (tertiary/aromatic N) is 2. The lowest BCUT2D eigenvalue weighted by molar-refractivity contribution is 0.731. The fraction of sp³-hybridized carbons (Fsp3) is 0.545. The zero-order valence-electron chi connectivity index (χ0n) is 8.59. The Balaban J connectivity index is 2.49. The summed E-state index contributed by atoms with van der Waals surface area (Å²) < 4.78 is 1.98. The lowest BCUT2D eigenvalue weighted by atomic mass is 10.0. The number of rotatable bonds is 1. The molecule has 1 heterocycles. The summed E-state index contributed by atoms with van der Waals surface area (Å²) in [5.74, 6) is 0. The summed E-state index contributed by atoms with van der Waals surface area (Å²) in [5.41, 5.74) is 5.36. The van der Waals surface area contributed by atoms with Crippen molar-refractivity contribution in [3.8, 4) is 0 Å². The molecule has 0 fully saturated rings. The van der Waals surface area contributed by atoms with E-state index in [9.17, 15) is 0 Å². The van der Waals surface area contributed by atoms with Crippen LogP contribution in [0.25, 0.3) is 5.57 Å². The van der Waals surface area contributed by atoms with E-state index >= 15 is 0 Å². The van der Waals surface area contributed by atoms with Gasteiger partial charge >= 0.3 is 0 Å². The quantitative estimate of drug-likeness (QED) is 0.643. The van der Waals surface area contributed by atoms with Crippen LogP contribution in [0.1, 0.15) is 36.2 Å². The van der Waals surface area contributed by atoms with Gasteiger partial charge in [0.1, 0.15) is 0 Å². The Hall–Kier alpha value is -1.05. The van der Waals surface area contributed by atoms with Gasteiger partial charge in [-0.2, -0.15) is 5.10 Å². The first kappa shape index (κ1) is 8.54. The highest BCUT2D eigenvalue weighted by atomic mass is 15.3.